The van der Waals surface area contributed by atoms with E-state index in [4.69, 9.17) is 9.47 Å². The van der Waals surface area contributed by atoms with Crippen molar-refractivity contribution in [1.29, 1.82) is 0 Å². The van der Waals surface area contributed by atoms with E-state index in [2.05, 4.69) is 5.32 Å². The molecule has 0 aliphatic carbocycles. The maximum Gasteiger partial charge on any atom is 0.437 e. The molecule has 3 unspecified atom stereocenters. The van der Waals surface area contributed by atoms with E-state index < -0.39 is 35.9 Å². The topological polar surface area (TPSA) is 96.9 Å². The normalized spacial score (nSPS) is 23.8. The zero-order valence-electron chi connectivity index (χ0n) is 15.8. The SMILES string of the molecule is CCOC(=O)C1C(c2cccc(Oc3ccccc3)c2)NC(=O)NC1(O)C(F)(F)F. The van der Waals surface area contributed by atoms with Gasteiger partial charge in [0.25, 0.3) is 5.72 Å². The number of rotatable bonds is 5. The number of hydrogen-bond donors (Lipinski definition) is 3. The number of urea groups is 1. The van der Waals surface area contributed by atoms with Gasteiger partial charge in [0, 0.05) is 0 Å². The lowest BCUT2D eigenvalue weighted by Gasteiger charge is -2.44. The molecule has 10 heteroatoms. The fourth-order valence-corrected chi connectivity index (χ4v) is 3.21. The van der Waals surface area contributed by atoms with E-state index in [9.17, 15) is 27.9 Å². The van der Waals surface area contributed by atoms with Crippen LogP contribution in [0.15, 0.2) is 54.6 Å². The number of carbonyl (C=O) groups excluding carboxylic acids is 2. The van der Waals surface area contributed by atoms with Crippen LogP contribution in [-0.2, 0) is 9.53 Å². The van der Waals surface area contributed by atoms with E-state index in [1.807, 2.05) is 0 Å². The molecule has 2 aromatic rings. The molecule has 1 saturated heterocycles. The predicted octanol–water partition coefficient (Wildman–Crippen LogP) is 3.26. The van der Waals surface area contributed by atoms with Crippen LogP contribution in [-0.4, -0.2) is 35.6 Å². The number of benzene rings is 2. The van der Waals surface area contributed by atoms with Crippen molar-refractivity contribution in [2.75, 3.05) is 6.61 Å². The fraction of sp³-hybridized carbons (Fsp3) is 0.300. The number of amides is 2. The van der Waals surface area contributed by atoms with Gasteiger partial charge in [0.15, 0.2) is 0 Å². The first-order valence-corrected chi connectivity index (χ1v) is 9.03. The predicted molar refractivity (Wildman–Crippen MR) is 98.5 cm³/mol. The summed E-state index contributed by atoms with van der Waals surface area (Å²) in [7, 11) is 0. The van der Waals surface area contributed by atoms with Crippen molar-refractivity contribution in [2.24, 2.45) is 5.92 Å². The van der Waals surface area contributed by atoms with E-state index in [0.29, 0.717) is 5.75 Å². The molecular weight excluding hydrogens is 405 g/mol. The van der Waals surface area contributed by atoms with Crippen LogP contribution in [0.2, 0.25) is 0 Å². The van der Waals surface area contributed by atoms with Gasteiger partial charge >= 0.3 is 18.2 Å². The number of alkyl halides is 3. The number of hydrogen-bond acceptors (Lipinski definition) is 5. The average Bonchev–Trinajstić information content (AvgIpc) is 2.67. The molecule has 1 aliphatic heterocycles. The Morgan fingerprint density at radius 1 is 1.13 bits per heavy atom. The molecule has 1 heterocycles. The van der Waals surface area contributed by atoms with Gasteiger partial charge in [-0.2, -0.15) is 13.2 Å². The maximum atomic E-state index is 13.7. The lowest BCUT2D eigenvalue weighted by Crippen LogP contribution is -2.73. The molecule has 1 fully saturated rings. The number of esters is 1. The molecule has 2 aromatic carbocycles. The second-order valence-electron chi connectivity index (χ2n) is 6.56. The van der Waals surface area contributed by atoms with Gasteiger partial charge in [0.05, 0.1) is 12.6 Å². The molecule has 3 rings (SSSR count). The van der Waals surface area contributed by atoms with Gasteiger partial charge in [-0.05, 0) is 36.8 Å². The van der Waals surface area contributed by atoms with Crippen molar-refractivity contribution in [3.8, 4) is 11.5 Å². The van der Waals surface area contributed by atoms with E-state index in [0.717, 1.165) is 0 Å². The first-order valence-electron chi connectivity index (χ1n) is 9.03. The highest BCUT2D eigenvalue weighted by molar-refractivity contribution is 5.83. The first kappa shape index (κ1) is 21.4. The molecule has 0 radical (unpaired) electrons. The molecule has 30 heavy (non-hydrogen) atoms. The molecule has 0 aromatic heterocycles. The number of para-hydroxylation sites is 1. The zero-order valence-corrected chi connectivity index (χ0v) is 15.8. The summed E-state index contributed by atoms with van der Waals surface area (Å²) in [5.74, 6) is -2.76. The van der Waals surface area contributed by atoms with Crippen LogP contribution in [0.3, 0.4) is 0 Å². The molecule has 0 saturated carbocycles. The van der Waals surface area contributed by atoms with E-state index in [-0.39, 0.29) is 17.9 Å². The minimum Gasteiger partial charge on any atom is -0.466 e. The third-order valence-corrected chi connectivity index (χ3v) is 4.54. The number of aliphatic hydroxyl groups is 1. The van der Waals surface area contributed by atoms with Gasteiger partial charge < -0.3 is 25.2 Å². The van der Waals surface area contributed by atoms with Gasteiger partial charge in [-0.25, -0.2) is 4.79 Å². The largest absolute Gasteiger partial charge is 0.466 e. The van der Waals surface area contributed by atoms with Gasteiger partial charge in [-0.3, -0.25) is 4.79 Å². The molecule has 0 spiro atoms. The molecule has 3 N–H and O–H groups in total. The van der Waals surface area contributed by atoms with Crippen molar-refractivity contribution < 1.29 is 37.3 Å². The van der Waals surface area contributed by atoms with Crippen LogP contribution in [0.4, 0.5) is 18.0 Å². The Hall–Kier alpha value is -3.27. The first-order chi connectivity index (χ1) is 14.2. The lowest BCUT2D eigenvalue weighted by atomic mass is 9.82. The van der Waals surface area contributed by atoms with E-state index >= 15 is 0 Å². The molecular formula is C20H19F3N2O5. The van der Waals surface area contributed by atoms with Gasteiger partial charge in [0.1, 0.15) is 17.4 Å². The summed E-state index contributed by atoms with van der Waals surface area (Å²) in [5, 5.41) is 14.0. The minimum absolute atomic E-state index is 0.124. The summed E-state index contributed by atoms with van der Waals surface area (Å²) in [4.78, 5) is 24.4. The third-order valence-electron chi connectivity index (χ3n) is 4.54. The van der Waals surface area contributed by atoms with Crippen LogP contribution in [0.5, 0.6) is 11.5 Å². The molecule has 1 aliphatic rings. The summed E-state index contributed by atoms with van der Waals surface area (Å²) >= 11 is 0. The molecule has 160 valence electrons. The number of halogens is 3. The van der Waals surface area contributed by atoms with Crippen LogP contribution >= 0.6 is 0 Å². The highest BCUT2D eigenvalue weighted by Gasteiger charge is 2.67. The number of nitrogens with one attached hydrogen (secondary N) is 2. The average molecular weight is 424 g/mol. The summed E-state index contributed by atoms with van der Waals surface area (Å²) in [6.45, 7) is 1.21. The number of carbonyl (C=O) groups is 2. The van der Waals surface area contributed by atoms with Crippen LogP contribution in [0.25, 0.3) is 0 Å². The van der Waals surface area contributed by atoms with Crippen LogP contribution in [0.1, 0.15) is 18.5 Å². The Morgan fingerprint density at radius 2 is 1.80 bits per heavy atom. The second kappa shape index (κ2) is 8.23. The Labute approximate surface area is 169 Å². The minimum atomic E-state index is -5.33. The van der Waals surface area contributed by atoms with Crippen LogP contribution in [0, 0.1) is 5.92 Å². The second-order valence-corrected chi connectivity index (χ2v) is 6.56. The highest BCUT2D eigenvalue weighted by Crippen LogP contribution is 2.43. The zero-order chi connectivity index (χ0) is 21.9. The number of ether oxygens (including phenoxy) is 2. The smallest absolute Gasteiger partial charge is 0.437 e. The highest BCUT2D eigenvalue weighted by atomic mass is 19.4. The standard InChI is InChI=1S/C20H19F3N2O5/c1-2-29-17(26)15-16(24-18(27)25-19(15,28)20(21,22)23)12-7-6-10-14(11-12)30-13-8-4-3-5-9-13/h3-11,15-16,28H,2H2,1H3,(H2,24,25,27). The summed E-state index contributed by atoms with van der Waals surface area (Å²) in [5.41, 5.74) is -3.69. The van der Waals surface area contributed by atoms with Crippen molar-refractivity contribution >= 4 is 12.0 Å². The Bertz CT molecular complexity index is 922. The van der Waals surface area contributed by atoms with Crippen molar-refractivity contribution in [1.82, 2.24) is 10.6 Å². The van der Waals surface area contributed by atoms with Gasteiger partial charge in [-0.1, -0.05) is 30.3 Å². The van der Waals surface area contributed by atoms with Crippen LogP contribution < -0.4 is 15.4 Å². The summed E-state index contributed by atoms with van der Waals surface area (Å²) in [6, 6.07) is 11.7. The molecule has 2 amide bonds. The Kier molecular flexibility index (Phi) is 5.88. The Balaban J connectivity index is 2.02. The van der Waals surface area contributed by atoms with Crippen molar-refractivity contribution in [3.63, 3.8) is 0 Å². The fourth-order valence-electron chi connectivity index (χ4n) is 3.21. The molecule has 7 nitrogen and oxygen atoms in total. The third kappa shape index (κ3) is 4.18. The van der Waals surface area contributed by atoms with Gasteiger partial charge in [0.2, 0.25) is 0 Å². The van der Waals surface area contributed by atoms with E-state index in [1.165, 1.54) is 30.4 Å². The lowest BCUT2D eigenvalue weighted by molar-refractivity contribution is -0.294. The van der Waals surface area contributed by atoms with Crippen molar-refractivity contribution in [3.05, 3.63) is 60.2 Å². The summed E-state index contributed by atoms with van der Waals surface area (Å²) < 4.78 is 51.5. The quantitative estimate of drug-likeness (QED) is 0.641. The molecule has 0 bridgehead atoms. The summed E-state index contributed by atoms with van der Waals surface area (Å²) in [6.07, 6.45) is -5.33. The Morgan fingerprint density at radius 3 is 2.43 bits per heavy atom. The monoisotopic (exact) mass is 424 g/mol. The van der Waals surface area contributed by atoms with Gasteiger partial charge in [-0.15, -0.1) is 0 Å². The van der Waals surface area contributed by atoms with Crippen molar-refractivity contribution in [2.45, 2.75) is 24.9 Å². The maximum absolute atomic E-state index is 13.7. The molecule has 3 atom stereocenters. The van der Waals surface area contributed by atoms with E-state index in [1.54, 1.807) is 36.4 Å².